The number of rotatable bonds is 3. The Morgan fingerprint density at radius 3 is 2.23 bits per heavy atom. The highest BCUT2D eigenvalue weighted by Gasteiger charge is 2.34. The molecule has 0 spiro atoms. The monoisotopic (exact) mass is 178 g/mol. The molecule has 0 aliphatic carbocycles. The molecule has 0 aromatic rings. The lowest BCUT2D eigenvalue weighted by Gasteiger charge is -2.27. The van der Waals surface area contributed by atoms with Gasteiger partial charge in [-0.05, 0) is 18.3 Å². The number of hydrogen-bond acceptors (Lipinski definition) is 2. The number of carbonyl (C=O) groups excluding carboxylic acids is 1. The summed E-state index contributed by atoms with van der Waals surface area (Å²) >= 11 is 0. The molecular weight excluding hydrogens is 164 g/mol. The summed E-state index contributed by atoms with van der Waals surface area (Å²) in [6.45, 7) is 5.10. The summed E-state index contributed by atoms with van der Waals surface area (Å²) in [6.07, 6.45) is 11.3. The van der Waals surface area contributed by atoms with E-state index < -0.39 is 11.6 Å². The van der Waals surface area contributed by atoms with Gasteiger partial charge in [0, 0.05) is 12.8 Å². The lowest BCUT2D eigenvalue weighted by molar-refractivity contribution is -0.150. The van der Waals surface area contributed by atoms with Gasteiger partial charge >= 0.3 is 5.97 Å². The van der Waals surface area contributed by atoms with Crippen LogP contribution in [0.15, 0.2) is 0 Å². The van der Waals surface area contributed by atoms with Crippen LogP contribution in [-0.2, 0) is 9.53 Å². The Labute approximate surface area is 79.7 Å². The van der Waals surface area contributed by atoms with E-state index in [0.717, 1.165) is 6.42 Å². The maximum Gasteiger partial charge on any atom is 0.304 e. The second kappa shape index (κ2) is 4.58. The minimum Gasteiger partial charge on any atom is -0.434 e. The van der Waals surface area contributed by atoms with E-state index in [0.29, 0.717) is 0 Å². The highest BCUT2D eigenvalue weighted by atomic mass is 16.6. The van der Waals surface area contributed by atoms with Gasteiger partial charge in [0.2, 0.25) is 5.60 Å². The first-order valence-electron chi connectivity index (χ1n) is 4.17. The van der Waals surface area contributed by atoms with Crippen LogP contribution >= 0.6 is 0 Å². The number of hydrogen-bond donors (Lipinski definition) is 0. The summed E-state index contributed by atoms with van der Waals surface area (Å²) in [4.78, 5) is 10.8. The third-order valence-corrected chi connectivity index (χ3v) is 2.04. The molecule has 1 unspecified atom stereocenters. The van der Waals surface area contributed by atoms with E-state index >= 15 is 0 Å². The predicted octanol–water partition coefficient (Wildman–Crippen LogP) is 1.60. The van der Waals surface area contributed by atoms with Gasteiger partial charge in [0.05, 0.1) is 0 Å². The third kappa shape index (κ3) is 2.53. The zero-order valence-corrected chi connectivity index (χ0v) is 8.26. The van der Waals surface area contributed by atoms with E-state index in [1.54, 1.807) is 0 Å². The molecule has 2 nitrogen and oxygen atoms in total. The second-order valence-corrected chi connectivity index (χ2v) is 2.93. The van der Waals surface area contributed by atoms with Crippen LogP contribution in [0.3, 0.4) is 0 Å². The highest BCUT2D eigenvalue weighted by molar-refractivity contribution is 5.67. The summed E-state index contributed by atoms with van der Waals surface area (Å²) < 4.78 is 4.98. The summed E-state index contributed by atoms with van der Waals surface area (Å²) in [7, 11) is 0. The molecular formula is C11H14O2. The molecule has 0 radical (unpaired) electrons. The summed E-state index contributed by atoms with van der Waals surface area (Å²) in [6, 6.07) is 0. The molecule has 0 amide bonds. The van der Waals surface area contributed by atoms with Crippen LogP contribution in [0.2, 0.25) is 0 Å². The van der Waals surface area contributed by atoms with Crippen LogP contribution in [0.5, 0.6) is 0 Å². The Kier molecular flexibility index (Phi) is 4.08. The van der Waals surface area contributed by atoms with Gasteiger partial charge in [0.15, 0.2) is 0 Å². The van der Waals surface area contributed by atoms with Crippen LogP contribution < -0.4 is 0 Å². The quantitative estimate of drug-likeness (QED) is 0.484. The van der Waals surface area contributed by atoms with E-state index in [9.17, 15) is 4.79 Å². The Hall–Kier alpha value is -1.41. The first-order valence-corrected chi connectivity index (χ1v) is 4.17. The predicted molar refractivity (Wildman–Crippen MR) is 51.6 cm³/mol. The first-order chi connectivity index (χ1) is 6.02. The smallest absolute Gasteiger partial charge is 0.304 e. The van der Waals surface area contributed by atoms with Crippen LogP contribution in [0.4, 0.5) is 0 Å². The fraction of sp³-hybridized carbons (Fsp3) is 0.545. The van der Waals surface area contributed by atoms with Gasteiger partial charge < -0.3 is 4.74 Å². The van der Waals surface area contributed by atoms with Gasteiger partial charge in [-0.1, -0.05) is 13.8 Å². The lowest BCUT2D eigenvalue weighted by Crippen LogP contribution is -2.37. The van der Waals surface area contributed by atoms with E-state index in [2.05, 4.69) is 11.8 Å². The molecule has 1 atom stereocenters. The van der Waals surface area contributed by atoms with E-state index in [1.165, 1.54) is 6.92 Å². The average Bonchev–Trinajstić information content (AvgIpc) is 2.12. The standard InChI is InChI=1S/C11H14O2/c1-6-9(4)11(7-2,8-3)13-10(5)12/h2-3,9H,6H2,1,4-5H3. The molecule has 0 saturated heterocycles. The van der Waals surface area contributed by atoms with Gasteiger partial charge in [-0.15, -0.1) is 12.8 Å². The van der Waals surface area contributed by atoms with Crippen molar-refractivity contribution < 1.29 is 9.53 Å². The van der Waals surface area contributed by atoms with Gasteiger partial charge in [-0.25, -0.2) is 0 Å². The number of esters is 1. The Bertz CT molecular complexity index is 251. The fourth-order valence-corrected chi connectivity index (χ4v) is 1.000. The van der Waals surface area contributed by atoms with Crippen LogP contribution in [0, 0.1) is 30.6 Å². The lowest BCUT2D eigenvalue weighted by atomic mass is 9.88. The van der Waals surface area contributed by atoms with Crippen molar-refractivity contribution >= 4 is 5.97 Å². The number of carbonyl (C=O) groups is 1. The molecule has 2 heteroatoms. The SMILES string of the molecule is C#CC(C#C)(OC(C)=O)C(C)CC. The molecule has 0 aliphatic rings. The van der Waals surface area contributed by atoms with Gasteiger partial charge in [0.1, 0.15) is 0 Å². The minimum absolute atomic E-state index is 0.0357. The molecule has 13 heavy (non-hydrogen) atoms. The van der Waals surface area contributed by atoms with Gasteiger partial charge in [-0.2, -0.15) is 0 Å². The molecule has 0 bridgehead atoms. The molecule has 0 aromatic carbocycles. The Morgan fingerprint density at radius 2 is 2.00 bits per heavy atom. The van der Waals surface area contributed by atoms with E-state index in [4.69, 9.17) is 17.6 Å². The normalized spacial score (nSPS) is 12.4. The topological polar surface area (TPSA) is 26.3 Å². The van der Waals surface area contributed by atoms with Crippen molar-refractivity contribution in [2.24, 2.45) is 5.92 Å². The average molecular weight is 178 g/mol. The third-order valence-electron chi connectivity index (χ3n) is 2.04. The highest BCUT2D eigenvalue weighted by Crippen LogP contribution is 2.23. The first kappa shape index (κ1) is 11.6. The van der Waals surface area contributed by atoms with E-state index in [1.807, 2.05) is 13.8 Å². The van der Waals surface area contributed by atoms with Crippen molar-refractivity contribution in [3.8, 4) is 24.7 Å². The fourth-order valence-electron chi connectivity index (χ4n) is 1.000. The molecule has 0 aliphatic heterocycles. The molecule has 0 N–H and O–H groups in total. The maximum atomic E-state index is 10.8. The zero-order valence-electron chi connectivity index (χ0n) is 8.26. The molecule has 0 aromatic heterocycles. The summed E-state index contributed by atoms with van der Waals surface area (Å²) in [5.74, 6) is 4.25. The summed E-state index contributed by atoms with van der Waals surface area (Å²) in [5.41, 5.74) is -1.18. The Balaban J connectivity index is 4.85. The Morgan fingerprint density at radius 1 is 1.54 bits per heavy atom. The van der Waals surface area contributed by atoms with Crippen molar-refractivity contribution in [3.63, 3.8) is 0 Å². The molecule has 70 valence electrons. The van der Waals surface area contributed by atoms with Crippen molar-refractivity contribution in [1.29, 1.82) is 0 Å². The second-order valence-electron chi connectivity index (χ2n) is 2.93. The molecule has 0 rings (SSSR count). The molecule has 0 heterocycles. The molecule has 0 fully saturated rings. The van der Waals surface area contributed by atoms with Crippen LogP contribution in [-0.4, -0.2) is 11.6 Å². The van der Waals surface area contributed by atoms with Crippen LogP contribution in [0.1, 0.15) is 27.2 Å². The van der Waals surface area contributed by atoms with Crippen molar-refractivity contribution in [2.45, 2.75) is 32.8 Å². The van der Waals surface area contributed by atoms with E-state index in [-0.39, 0.29) is 5.92 Å². The van der Waals surface area contributed by atoms with Crippen molar-refractivity contribution in [1.82, 2.24) is 0 Å². The zero-order chi connectivity index (χ0) is 10.5. The molecule has 0 saturated carbocycles. The van der Waals surface area contributed by atoms with Gasteiger partial charge in [-0.3, -0.25) is 4.79 Å². The number of terminal acetylenes is 2. The van der Waals surface area contributed by atoms with Crippen molar-refractivity contribution in [2.75, 3.05) is 0 Å². The maximum absolute atomic E-state index is 10.8. The van der Waals surface area contributed by atoms with Crippen molar-refractivity contribution in [3.05, 3.63) is 0 Å². The van der Waals surface area contributed by atoms with Crippen LogP contribution in [0.25, 0.3) is 0 Å². The van der Waals surface area contributed by atoms with Gasteiger partial charge in [0.25, 0.3) is 0 Å². The largest absolute Gasteiger partial charge is 0.434 e. The number of ether oxygens (including phenoxy) is 1. The summed E-state index contributed by atoms with van der Waals surface area (Å²) in [5, 5.41) is 0. The minimum atomic E-state index is -1.18.